The van der Waals surface area contributed by atoms with Gasteiger partial charge in [0.1, 0.15) is 24.9 Å². The highest BCUT2D eigenvalue weighted by Crippen LogP contribution is 2.46. The van der Waals surface area contributed by atoms with Gasteiger partial charge in [-0.05, 0) is 26.7 Å². The summed E-state index contributed by atoms with van der Waals surface area (Å²) in [5, 5.41) is 0. The molecule has 0 spiro atoms. The Morgan fingerprint density at radius 3 is 2.62 bits per heavy atom. The van der Waals surface area contributed by atoms with Crippen LogP contribution in [0.15, 0.2) is 0 Å². The van der Waals surface area contributed by atoms with Crippen molar-refractivity contribution < 1.29 is 43.6 Å². The lowest BCUT2D eigenvalue weighted by atomic mass is 9.94. The molecule has 4 aliphatic rings. The number of nitrogens with one attached hydrogen (secondary N) is 1. The van der Waals surface area contributed by atoms with Gasteiger partial charge < -0.3 is 14.2 Å². The molecule has 4 rings (SSSR count). The highest BCUT2D eigenvalue weighted by molar-refractivity contribution is 7.84. The van der Waals surface area contributed by atoms with E-state index in [1.807, 2.05) is 0 Å². The molecule has 150 valence electrons. The van der Waals surface area contributed by atoms with Crippen LogP contribution in [-0.4, -0.2) is 66.0 Å². The maximum absolute atomic E-state index is 12.1. The predicted molar refractivity (Wildman–Crippen MR) is 83.0 cm³/mol. The van der Waals surface area contributed by atoms with Gasteiger partial charge in [0, 0.05) is 6.04 Å². The molecule has 3 heterocycles. The van der Waals surface area contributed by atoms with E-state index >= 15 is 0 Å². The Balaban J connectivity index is 1.52. The van der Waals surface area contributed by atoms with Crippen molar-refractivity contribution in [2.45, 2.75) is 69.0 Å². The van der Waals surface area contributed by atoms with E-state index in [-0.39, 0.29) is 12.6 Å². The van der Waals surface area contributed by atoms with Crippen LogP contribution in [0.25, 0.3) is 0 Å². The van der Waals surface area contributed by atoms with Gasteiger partial charge in [-0.1, -0.05) is 6.42 Å². The minimum absolute atomic E-state index is 0.140. The fourth-order valence-electron chi connectivity index (χ4n) is 3.42. The molecule has 3 aliphatic heterocycles. The average Bonchev–Trinajstić information content (AvgIpc) is 2.93. The summed E-state index contributed by atoms with van der Waals surface area (Å²) >= 11 is 0. The molecule has 0 bridgehead atoms. The van der Waals surface area contributed by atoms with E-state index in [0.29, 0.717) is 0 Å². The second-order valence-electron chi connectivity index (χ2n) is 7.23. The third-order valence-corrected chi connectivity index (χ3v) is 6.71. The number of rotatable bonds is 5. The van der Waals surface area contributed by atoms with Crippen LogP contribution in [0.2, 0.25) is 0 Å². The molecule has 0 aromatic heterocycles. The van der Waals surface area contributed by atoms with Gasteiger partial charge in [-0.2, -0.15) is 21.6 Å². The summed E-state index contributed by atoms with van der Waals surface area (Å²) in [6, 6.07) is -0.140. The summed E-state index contributed by atoms with van der Waals surface area (Å²) in [7, 11) is -8.20. The fraction of sp³-hybridized carbons (Fsp3) is 1.00. The SMILES string of the molecule is CC1(C)O[C@H]2[C@@H]3OS(=O)(=O)O[C@@H]3CO[C@@]2(COS(=O)(=O)NC2CCC2)O1. The van der Waals surface area contributed by atoms with Crippen molar-refractivity contribution in [2.24, 2.45) is 0 Å². The van der Waals surface area contributed by atoms with Crippen molar-refractivity contribution in [1.82, 2.24) is 4.72 Å². The van der Waals surface area contributed by atoms with Crippen LogP contribution in [0.5, 0.6) is 0 Å². The first-order valence-corrected chi connectivity index (χ1v) is 11.0. The molecule has 1 aliphatic carbocycles. The van der Waals surface area contributed by atoms with E-state index in [1.165, 1.54) is 0 Å². The van der Waals surface area contributed by atoms with Gasteiger partial charge in [0.05, 0.1) is 6.61 Å². The van der Waals surface area contributed by atoms with Gasteiger partial charge in [0.15, 0.2) is 5.79 Å². The standard InChI is InChI=1S/C13H21NO10S2/c1-12(2)21-11-10-9(22-26(17,18)23-10)6-19-13(11,24-12)7-20-25(15,16)14-8-4-3-5-8/h8-11,14H,3-7H2,1-2H3/t9-,10-,11+,13+/m1/s1. The molecule has 4 atom stereocenters. The predicted octanol–water partition coefficient (Wildman–Crippen LogP) is -0.703. The summed E-state index contributed by atoms with van der Waals surface area (Å²) in [6.07, 6.45) is -0.504. The molecule has 0 amide bonds. The number of hydrogen-bond donors (Lipinski definition) is 1. The Morgan fingerprint density at radius 1 is 1.23 bits per heavy atom. The molecule has 0 aromatic carbocycles. The van der Waals surface area contributed by atoms with Gasteiger partial charge in [-0.15, -0.1) is 0 Å². The van der Waals surface area contributed by atoms with E-state index in [1.54, 1.807) is 13.8 Å². The Labute approximate surface area is 151 Å². The zero-order chi connectivity index (χ0) is 18.8. The van der Waals surface area contributed by atoms with Crippen molar-refractivity contribution in [3.05, 3.63) is 0 Å². The second kappa shape index (κ2) is 6.06. The van der Waals surface area contributed by atoms with Gasteiger partial charge in [-0.3, -0.25) is 4.18 Å². The van der Waals surface area contributed by atoms with E-state index < -0.39 is 57.2 Å². The highest BCUT2D eigenvalue weighted by Gasteiger charge is 2.66. The first kappa shape index (κ1) is 19.0. The lowest BCUT2D eigenvalue weighted by molar-refractivity contribution is -0.290. The highest BCUT2D eigenvalue weighted by atomic mass is 32.3. The van der Waals surface area contributed by atoms with Crippen molar-refractivity contribution in [2.75, 3.05) is 13.2 Å². The summed E-state index contributed by atoms with van der Waals surface area (Å²) in [6.45, 7) is 2.49. The monoisotopic (exact) mass is 415 g/mol. The Kier molecular flexibility index (Phi) is 4.42. The maximum Gasteiger partial charge on any atom is 0.400 e. The molecule has 0 unspecified atom stereocenters. The third kappa shape index (κ3) is 3.52. The molecule has 0 aromatic rings. The first-order valence-electron chi connectivity index (χ1n) is 8.29. The fourth-order valence-corrected chi connectivity index (χ4v) is 5.46. The number of fused-ring (bicyclic) bond motifs is 3. The van der Waals surface area contributed by atoms with Crippen LogP contribution in [-0.2, 0) is 47.5 Å². The summed E-state index contributed by atoms with van der Waals surface area (Å²) in [5.41, 5.74) is 0. The van der Waals surface area contributed by atoms with E-state index in [4.69, 9.17) is 26.8 Å². The molecular formula is C13H21NO10S2. The topological polar surface area (TPSA) is 136 Å². The second-order valence-corrected chi connectivity index (χ2v) is 9.81. The van der Waals surface area contributed by atoms with Crippen LogP contribution < -0.4 is 4.72 Å². The lowest BCUT2D eigenvalue weighted by Gasteiger charge is -2.39. The van der Waals surface area contributed by atoms with E-state index in [2.05, 4.69) is 4.72 Å². The van der Waals surface area contributed by atoms with Crippen LogP contribution in [0.3, 0.4) is 0 Å². The summed E-state index contributed by atoms with van der Waals surface area (Å²) in [4.78, 5) is 0. The van der Waals surface area contributed by atoms with Gasteiger partial charge in [0.2, 0.25) is 5.79 Å². The molecule has 1 N–H and O–H groups in total. The van der Waals surface area contributed by atoms with Gasteiger partial charge in [-0.25, -0.2) is 8.37 Å². The third-order valence-electron chi connectivity index (χ3n) is 4.72. The molecule has 4 fully saturated rings. The summed E-state index contributed by atoms with van der Waals surface area (Å²) < 4.78 is 81.8. The van der Waals surface area contributed by atoms with Crippen molar-refractivity contribution >= 4 is 20.7 Å². The Morgan fingerprint density at radius 2 is 1.96 bits per heavy atom. The smallest absolute Gasteiger partial charge is 0.343 e. The normalized spacial score (nSPS) is 41.4. The van der Waals surface area contributed by atoms with Crippen LogP contribution in [0.1, 0.15) is 33.1 Å². The largest absolute Gasteiger partial charge is 0.400 e. The molecule has 1 saturated carbocycles. The van der Waals surface area contributed by atoms with E-state index in [0.717, 1.165) is 19.3 Å². The minimum atomic E-state index is -4.17. The van der Waals surface area contributed by atoms with Gasteiger partial charge in [0.25, 0.3) is 0 Å². The van der Waals surface area contributed by atoms with E-state index in [9.17, 15) is 16.8 Å². The van der Waals surface area contributed by atoms with Crippen LogP contribution in [0.4, 0.5) is 0 Å². The van der Waals surface area contributed by atoms with Crippen molar-refractivity contribution in [3.8, 4) is 0 Å². The Hall–Kier alpha value is -0.380. The van der Waals surface area contributed by atoms with Crippen molar-refractivity contribution in [1.29, 1.82) is 0 Å². The molecule has 11 nitrogen and oxygen atoms in total. The average molecular weight is 415 g/mol. The number of hydrogen-bond acceptors (Lipinski definition) is 10. The summed E-state index contributed by atoms with van der Waals surface area (Å²) in [5.74, 6) is -2.80. The molecular weight excluding hydrogens is 394 g/mol. The zero-order valence-electron chi connectivity index (χ0n) is 14.2. The first-order chi connectivity index (χ1) is 12.0. The molecule has 3 saturated heterocycles. The van der Waals surface area contributed by atoms with Crippen LogP contribution in [0, 0.1) is 0 Å². The lowest BCUT2D eigenvalue weighted by Crippen LogP contribution is -2.61. The molecule has 0 radical (unpaired) electrons. The maximum atomic E-state index is 12.1. The molecule has 26 heavy (non-hydrogen) atoms. The quantitative estimate of drug-likeness (QED) is 0.614. The van der Waals surface area contributed by atoms with Gasteiger partial charge >= 0.3 is 20.7 Å². The number of ether oxygens (including phenoxy) is 3. The Bertz CT molecular complexity index is 777. The zero-order valence-corrected chi connectivity index (χ0v) is 15.9. The molecule has 13 heteroatoms. The van der Waals surface area contributed by atoms with Crippen LogP contribution >= 0.6 is 0 Å². The van der Waals surface area contributed by atoms with Crippen molar-refractivity contribution in [3.63, 3.8) is 0 Å². The minimum Gasteiger partial charge on any atom is -0.343 e.